The smallest absolute Gasteiger partial charge is 0.211 e. The van der Waals surface area contributed by atoms with E-state index in [-0.39, 0.29) is 0 Å². The Labute approximate surface area is 69.7 Å². The van der Waals surface area contributed by atoms with Gasteiger partial charge in [0.25, 0.3) is 0 Å². The molecule has 0 aromatic rings. The highest BCUT2D eigenvalue weighted by Crippen LogP contribution is 2.31. The third kappa shape index (κ3) is 2.11. The summed E-state index contributed by atoms with van der Waals surface area (Å²) in [4.78, 5) is 13.3. The Bertz CT molecular complexity index is 189. The summed E-state index contributed by atoms with van der Waals surface area (Å²) in [6.45, 7) is 0. The summed E-state index contributed by atoms with van der Waals surface area (Å²) in [5.41, 5.74) is 0. The molecule has 0 heterocycles. The Kier molecular flexibility index (Phi) is 3.35. The summed E-state index contributed by atoms with van der Waals surface area (Å²) in [7, 11) is 0. The van der Waals surface area contributed by atoms with Crippen molar-refractivity contribution in [3.05, 3.63) is 0 Å². The first-order valence-corrected chi connectivity index (χ1v) is 4.11. The van der Waals surface area contributed by atoms with Crippen LogP contribution in [0.3, 0.4) is 0 Å². The largest absolute Gasteiger partial charge is 0.243 e. The predicted octanol–water partition coefficient (Wildman–Crippen LogP) is 2.15. The Morgan fingerprint density at radius 1 is 1.33 bits per heavy atom. The zero-order chi connectivity index (χ0) is 8.97. The van der Waals surface area contributed by atoms with Gasteiger partial charge in [-0.1, -0.05) is 12.8 Å². The fraction of sp³-hybridized carbons (Fsp3) is 0.875. The Balaban J connectivity index is 2.60. The molecule has 1 fully saturated rings. The Morgan fingerprint density at radius 2 is 2.00 bits per heavy atom. The van der Waals surface area contributed by atoms with Gasteiger partial charge in [0.2, 0.25) is 12.5 Å². The van der Waals surface area contributed by atoms with Gasteiger partial charge in [0.15, 0.2) is 0 Å². The second-order valence-corrected chi connectivity index (χ2v) is 3.07. The zero-order valence-electron chi connectivity index (χ0n) is 6.67. The molecule has 1 rings (SSSR count). The number of isocyanates is 1. The molecule has 2 atom stereocenters. The third-order valence-electron chi connectivity index (χ3n) is 2.32. The normalized spacial score (nSPS) is 29.9. The molecule has 0 aromatic carbocycles. The molecule has 2 nitrogen and oxygen atoms in total. The lowest BCUT2D eigenvalue weighted by Crippen LogP contribution is -2.28. The van der Waals surface area contributed by atoms with Gasteiger partial charge in [0.05, 0.1) is 6.04 Å². The molecule has 0 spiro atoms. The van der Waals surface area contributed by atoms with E-state index in [1.54, 1.807) is 0 Å². The van der Waals surface area contributed by atoms with Gasteiger partial charge in [-0.05, 0) is 12.8 Å². The number of rotatable bonds is 2. The molecule has 1 saturated carbocycles. The molecule has 0 bridgehead atoms. The Hall–Kier alpha value is -0.760. The van der Waals surface area contributed by atoms with E-state index in [9.17, 15) is 13.6 Å². The van der Waals surface area contributed by atoms with E-state index in [2.05, 4.69) is 4.99 Å². The minimum absolute atomic E-state index is 0.480. The lowest BCUT2D eigenvalue weighted by atomic mass is 9.85. The van der Waals surface area contributed by atoms with Gasteiger partial charge in [0.1, 0.15) is 0 Å². The lowest BCUT2D eigenvalue weighted by Gasteiger charge is -2.26. The highest BCUT2D eigenvalue weighted by Gasteiger charge is 2.31. The summed E-state index contributed by atoms with van der Waals surface area (Å²) in [5, 5.41) is 0. The van der Waals surface area contributed by atoms with E-state index in [4.69, 9.17) is 0 Å². The molecule has 0 aliphatic heterocycles. The molecular formula is C8H11F2NO. The summed E-state index contributed by atoms with van der Waals surface area (Å²) in [6, 6.07) is -0.490. The van der Waals surface area contributed by atoms with Gasteiger partial charge in [-0.15, -0.1) is 0 Å². The van der Waals surface area contributed by atoms with Crippen LogP contribution in [0.15, 0.2) is 4.99 Å². The van der Waals surface area contributed by atoms with Crippen LogP contribution in [0.5, 0.6) is 0 Å². The molecule has 1 aliphatic carbocycles. The second-order valence-electron chi connectivity index (χ2n) is 3.07. The first-order valence-electron chi connectivity index (χ1n) is 4.11. The first kappa shape index (κ1) is 9.33. The fourth-order valence-corrected chi connectivity index (χ4v) is 1.66. The molecule has 0 amide bonds. The fourth-order valence-electron chi connectivity index (χ4n) is 1.66. The maximum atomic E-state index is 12.3. The quantitative estimate of drug-likeness (QED) is 0.467. The van der Waals surface area contributed by atoms with Gasteiger partial charge in [-0.3, -0.25) is 0 Å². The van der Waals surface area contributed by atoms with E-state index in [0.717, 1.165) is 12.8 Å². The van der Waals surface area contributed by atoms with E-state index < -0.39 is 18.4 Å². The number of carbonyl (C=O) groups excluding carboxylic acids is 1. The standard InChI is InChI=1S/C8H11F2NO/c9-8(10)6-3-1-2-4-7(6)11-5-12/h6-8H,1-4H2. The van der Waals surface area contributed by atoms with Crippen LogP contribution in [0.2, 0.25) is 0 Å². The van der Waals surface area contributed by atoms with Crippen LogP contribution in [0, 0.1) is 5.92 Å². The van der Waals surface area contributed by atoms with Crippen LogP contribution in [0.4, 0.5) is 8.78 Å². The van der Waals surface area contributed by atoms with Crippen molar-refractivity contribution in [3.8, 4) is 0 Å². The number of alkyl halides is 2. The van der Waals surface area contributed by atoms with E-state index >= 15 is 0 Å². The van der Waals surface area contributed by atoms with Crippen LogP contribution in [0.25, 0.3) is 0 Å². The number of hydrogen-bond donors (Lipinski definition) is 0. The van der Waals surface area contributed by atoms with E-state index in [1.165, 1.54) is 6.08 Å². The van der Waals surface area contributed by atoms with Crippen molar-refractivity contribution in [3.63, 3.8) is 0 Å². The topological polar surface area (TPSA) is 29.4 Å². The molecule has 0 aromatic heterocycles. The molecule has 0 radical (unpaired) electrons. The molecule has 12 heavy (non-hydrogen) atoms. The van der Waals surface area contributed by atoms with Crippen LogP contribution in [-0.4, -0.2) is 18.5 Å². The van der Waals surface area contributed by atoms with Gasteiger partial charge < -0.3 is 0 Å². The van der Waals surface area contributed by atoms with Gasteiger partial charge in [0, 0.05) is 5.92 Å². The number of aliphatic imine (C=N–C) groups is 1. The van der Waals surface area contributed by atoms with Crippen LogP contribution in [0.1, 0.15) is 25.7 Å². The predicted molar refractivity (Wildman–Crippen MR) is 39.9 cm³/mol. The minimum atomic E-state index is -2.35. The summed E-state index contributed by atoms with van der Waals surface area (Å²) < 4.78 is 24.6. The molecular weight excluding hydrogens is 164 g/mol. The average Bonchev–Trinajstić information content (AvgIpc) is 2.05. The number of hydrogen-bond acceptors (Lipinski definition) is 2. The highest BCUT2D eigenvalue weighted by atomic mass is 19.3. The summed E-state index contributed by atoms with van der Waals surface area (Å²) in [6.07, 6.45) is 1.80. The number of halogens is 2. The van der Waals surface area contributed by atoms with Gasteiger partial charge in [-0.2, -0.15) is 0 Å². The zero-order valence-corrected chi connectivity index (χ0v) is 6.67. The first-order chi connectivity index (χ1) is 5.75. The van der Waals surface area contributed by atoms with Crippen LogP contribution >= 0.6 is 0 Å². The van der Waals surface area contributed by atoms with Crippen molar-refractivity contribution in [2.24, 2.45) is 10.9 Å². The maximum Gasteiger partial charge on any atom is 0.243 e. The average molecular weight is 175 g/mol. The van der Waals surface area contributed by atoms with Gasteiger partial charge >= 0.3 is 0 Å². The van der Waals surface area contributed by atoms with Crippen molar-refractivity contribution in [1.82, 2.24) is 0 Å². The maximum absolute atomic E-state index is 12.3. The molecule has 0 saturated heterocycles. The van der Waals surface area contributed by atoms with E-state index in [0.29, 0.717) is 12.8 Å². The molecule has 0 N–H and O–H groups in total. The number of nitrogens with zero attached hydrogens (tertiary/aromatic N) is 1. The second kappa shape index (κ2) is 4.31. The third-order valence-corrected chi connectivity index (χ3v) is 2.32. The van der Waals surface area contributed by atoms with Crippen molar-refractivity contribution in [2.45, 2.75) is 38.2 Å². The SMILES string of the molecule is O=C=NC1CCCCC1C(F)F. The van der Waals surface area contributed by atoms with E-state index in [1.807, 2.05) is 0 Å². The van der Waals surface area contributed by atoms with Crippen molar-refractivity contribution >= 4 is 6.08 Å². The summed E-state index contributed by atoms with van der Waals surface area (Å²) >= 11 is 0. The molecule has 1 aliphatic rings. The highest BCUT2D eigenvalue weighted by molar-refractivity contribution is 5.33. The molecule has 2 unspecified atom stereocenters. The van der Waals surface area contributed by atoms with Gasteiger partial charge in [-0.25, -0.2) is 18.6 Å². The van der Waals surface area contributed by atoms with Crippen LogP contribution < -0.4 is 0 Å². The lowest BCUT2D eigenvalue weighted by molar-refractivity contribution is 0.0453. The van der Waals surface area contributed by atoms with Crippen molar-refractivity contribution in [2.75, 3.05) is 0 Å². The Morgan fingerprint density at radius 3 is 2.58 bits per heavy atom. The van der Waals surface area contributed by atoms with Crippen molar-refractivity contribution < 1.29 is 13.6 Å². The van der Waals surface area contributed by atoms with Crippen LogP contribution in [-0.2, 0) is 4.79 Å². The monoisotopic (exact) mass is 175 g/mol. The molecule has 68 valence electrons. The van der Waals surface area contributed by atoms with Crippen molar-refractivity contribution in [1.29, 1.82) is 0 Å². The molecule has 4 heteroatoms. The summed E-state index contributed by atoms with van der Waals surface area (Å²) in [5.74, 6) is -0.722. The minimum Gasteiger partial charge on any atom is -0.211 e.